The summed E-state index contributed by atoms with van der Waals surface area (Å²) in [5.41, 5.74) is 1.54. The normalized spacial score (nSPS) is 10.4. The van der Waals surface area contributed by atoms with E-state index in [1.54, 1.807) is 18.2 Å². The first kappa shape index (κ1) is 13.1. The van der Waals surface area contributed by atoms with Crippen LogP contribution < -0.4 is 5.32 Å². The summed E-state index contributed by atoms with van der Waals surface area (Å²) in [6, 6.07) is 7.25. The molecule has 1 N–H and O–H groups in total. The highest BCUT2D eigenvalue weighted by atomic mass is 35.5. The zero-order valence-corrected chi connectivity index (χ0v) is 11.7. The molecule has 0 spiro atoms. The van der Waals surface area contributed by atoms with Crippen LogP contribution in [-0.2, 0) is 0 Å². The summed E-state index contributed by atoms with van der Waals surface area (Å²) in [7, 11) is 0. The van der Waals surface area contributed by atoms with Crippen LogP contribution >= 0.6 is 23.2 Å². The fourth-order valence-electron chi connectivity index (χ4n) is 1.66. The van der Waals surface area contributed by atoms with E-state index in [0.717, 1.165) is 18.1 Å². The van der Waals surface area contributed by atoms with Crippen LogP contribution in [0.5, 0.6) is 0 Å². The Bertz CT molecular complexity index is 550. The van der Waals surface area contributed by atoms with Gasteiger partial charge in [0.1, 0.15) is 5.82 Å². The molecular weight excluding hydrogens is 269 g/mol. The molecule has 1 aromatic carbocycles. The second-order valence-electron chi connectivity index (χ2n) is 3.85. The van der Waals surface area contributed by atoms with E-state index in [4.69, 9.17) is 23.2 Å². The summed E-state index contributed by atoms with van der Waals surface area (Å²) in [6.45, 7) is 4.72. The lowest BCUT2D eigenvalue weighted by molar-refractivity contribution is 1.08. The number of nitrogens with zero attached hydrogens (tertiary/aromatic N) is 2. The van der Waals surface area contributed by atoms with Crippen molar-refractivity contribution in [3.8, 4) is 11.4 Å². The minimum atomic E-state index is 0.543. The molecular formula is C13H13Cl2N3. The van der Waals surface area contributed by atoms with Gasteiger partial charge in [-0.1, -0.05) is 29.3 Å². The first-order valence-electron chi connectivity index (χ1n) is 5.65. The number of hydrogen-bond donors (Lipinski definition) is 1. The van der Waals surface area contributed by atoms with Gasteiger partial charge in [0.25, 0.3) is 0 Å². The van der Waals surface area contributed by atoms with Crippen molar-refractivity contribution in [3.05, 3.63) is 40.0 Å². The number of aromatic nitrogens is 2. The second-order valence-corrected chi connectivity index (χ2v) is 4.66. The molecule has 0 aliphatic heterocycles. The van der Waals surface area contributed by atoms with Crippen molar-refractivity contribution >= 4 is 29.0 Å². The lowest BCUT2D eigenvalue weighted by Gasteiger charge is -2.09. The van der Waals surface area contributed by atoms with Crippen molar-refractivity contribution in [2.24, 2.45) is 0 Å². The third kappa shape index (κ3) is 2.74. The van der Waals surface area contributed by atoms with Gasteiger partial charge in [-0.15, -0.1) is 0 Å². The molecule has 0 saturated heterocycles. The molecule has 0 unspecified atom stereocenters. The molecule has 3 nitrogen and oxygen atoms in total. The summed E-state index contributed by atoms with van der Waals surface area (Å²) in [5.74, 6) is 1.32. The number of rotatable bonds is 3. The average molecular weight is 282 g/mol. The van der Waals surface area contributed by atoms with Crippen molar-refractivity contribution in [2.75, 3.05) is 11.9 Å². The number of hydrogen-bond acceptors (Lipinski definition) is 3. The highest BCUT2D eigenvalue weighted by molar-refractivity contribution is 6.38. The van der Waals surface area contributed by atoms with Crippen LogP contribution in [-0.4, -0.2) is 16.5 Å². The van der Waals surface area contributed by atoms with E-state index in [1.165, 1.54) is 0 Å². The van der Waals surface area contributed by atoms with Gasteiger partial charge in [-0.2, -0.15) is 0 Å². The van der Waals surface area contributed by atoms with E-state index in [2.05, 4.69) is 15.3 Å². The fourth-order valence-corrected chi connectivity index (χ4v) is 2.23. The monoisotopic (exact) mass is 281 g/mol. The lowest BCUT2D eigenvalue weighted by Crippen LogP contribution is -2.03. The molecule has 0 radical (unpaired) electrons. The Labute approximate surface area is 116 Å². The molecule has 0 fully saturated rings. The van der Waals surface area contributed by atoms with Gasteiger partial charge in [-0.05, 0) is 26.0 Å². The van der Waals surface area contributed by atoms with Crippen LogP contribution in [0.25, 0.3) is 11.4 Å². The highest BCUT2D eigenvalue weighted by Gasteiger charge is 2.12. The van der Waals surface area contributed by atoms with Gasteiger partial charge < -0.3 is 5.32 Å². The molecule has 0 amide bonds. The van der Waals surface area contributed by atoms with Gasteiger partial charge in [0.2, 0.25) is 0 Å². The summed E-state index contributed by atoms with van der Waals surface area (Å²) in [4.78, 5) is 8.81. The minimum absolute atomic E-state index is 0.543. The van der Waals surface area contributed by atoms with Crippen LogP contribution in [0.3, 0.4) is 0 Å². The van der Waals surface area contributed by atoms with Crippen LogP contribution in [0.1, 0.15) is 12.6 Å². The van der Waals surface area contributed by atoms with Crippen molar-refractivity contribution < 1.29 is 0 Å². The van der Waals surface area contributed by atoms with Crippen molar-refractivity contribution in [2.45, 2.75) is 13.8 Å². The number of benzene rings is 1. The first-order valence-corrected chi connectivity index (χ1v) is 6.41. The molecule has 2 rings (SSSR count). The Morgan fingerprint density at radius 3 is 2.44 bits per heavy atom. The zero-order valence-electron chi connectivity index (χ0n) is 10.2. The highest BCUT2D eigenvalue weighted by Crippen LogP contribution is 2.32. The van der Waals surface area contributed by atoms with Gasteiger partial charge in [-0.25, -0.2) is 9.97 Å². The summed E-state index contributed by atoms with van der Waals surface area (Å²) < 4.78 is 0. The Kier molecular flexibility index (Phi) is 4.04. The summed E-state index contributed by atoms with van der Waals surface area (Å²) in [5, 5.41) is 4.26. The Balaban J connectivity index is 2.56. The summed E-state index contributed by atoms with van der Waals surface area (Å²) >= 11 is 12.3. The van der Waals surface area contributed by atoms with Crippen molar-refractivity contribution in [1.82, 2.24) is 9.97 Å². The number of anilines is 1. The van der Waals surface area contributed by atoms with E-state index < -0.39 is 0 Å². The molecule has 0 aliphatic carbocycles. The average Bonchev–Trinajstić information content (AvgIpc) is 2.28. The molecule has 0 saturated carbocycles. The Morgan fingerprint density at radius 1 is 1.17 bits per heavy atom. The van der Waals surface area contributed by atoms with E-state index in [-0.39, 0.29) is 0 Å². The van der Waals surface area contributed by atoms with Crippen LogP contribution in [0.15, 0.2) is 24.3 Å². The number of nitrogens with one attached hydrogen (secondary N) is 1. The van der Waals surface area contributed by atoms with Gasteiger partial charge in [0, 0.05) is 18.3 Å². The van der Waals surface area contributed by atoms with E-state index in [9.17, 15) is 0 Å². The molecule has 18 heavy (non-hydrogen) atoms. The summed E-state index contributed by atoms with van der Waals surface area (Å²) in [6.07, 6.45) is 0. The molecule has 2 aromatic rings. The number of halogens is 2. The fraction of sp³-hybridized carbons (Fsp3) is 0.231. The van der Waals surface area contributed by atoms with Gasteiger partial charge in [0.05, 0.1) is 15.6 Å². The molecule has 0 atom stereocenters. The lowest BCUT2D eigenvalue weighted by atomic mass is 10.2. The zero-order chi connectivity index (χ0) is 13.1. The topological polar surface area (TPSA) is 37.8 Å². The minimum Gasteiger partial charge on any atom is -0.370 e. The quantitative estimate of drug-likeness (QED) is 0.917. The van der Waals surface area contributed by atoms with Gasteiger partial charge >= 0.3 is 0 Å². The third-order valence-electron chi connectivity index (χ3n) is 2.40. The standard InChI is InChI=1S/C13H13Cl2N3/c1-3-16-11-7-8(2)17-13(18-11)12-9(14)5-4-6-10(12)15/h4-7H,3H2,1-2H3,(H,16,17,18). The smallest absolute Gasteiger partial charge is 0.164 e. The Hall–Kier alpha value is -1.32. The van der Waals surface area contributed by atoms with Crippen LogP contribution in [0.2, 0.25) is 10.0 Å². The maximum Gasteiger partial charge on any atom is 0.164 e. The molecule has 0 bridgehead atoms. The SMILES string of the molecule is CCNc1cc(C)nc(-c2c(Cl)cccc2Cl)n1. The molecule has 1 aromatic heterocycles. The van der Waals surface area contributed by atoms with E-state index in [1.807, 2.05) is 19.9 Å². The van der Waals surface area contributed by atoms with Crippen molar-refractivity contribution in [3.63, 3.8) is 0 Å². The third-order valence-corrected chi connectivity index (χ3v) is 3.03. The first-order chi connectivity index (χ1) is 8.61. The second kappa shape index (κ2) is 5.55. The molecule has 1 heterocycles. The van der Waals surface area contributed by atoms with E-state index in [0.29, 0.717) is 21.4 Å². The predicted molar refractivity (Wildman–Crippen MR) is 76.4 cm³/mol. The molecule has 5 heteroatoms. The van der Waals surface area contributed by atoms with Crippen LogP contribution in [0.4, 0.5) is 5.82 Å². The van der Waals surface area contributed by atoms with Crippen LogP contribution in [0, 0.1) is 6.92 Å². The van der Waals surface area contributed by atoms with Crippen molar-refractivity contribution in [1.29, 1.82) is 0 Å². The maximum atomic E-state index is 6.16. The van der Waals surface area contributed by atoms with E-state index >= 15 is 0 Å². The maximum absolute atomic E-state index is 6.16. The predicted octanol–water partition coefficient (Wildman–Crippen LogP) is 4.19. The number of aryl methyl sites for hydroxylation is 1. The molecule has 0 aliphatic rings. The molecule has 94 valence electrons. The van der Waals surface area contributed by atoms with Gasteiger partial charge in [-0.3, -0.25) is 0 Å². The largest absolute Gasteiger partial charge is 0.370 e. The van der Waals surface area contributed by atoms with Gasteiger partial charge in [0.15, 0.2) is 5.82 Å². The Morgan fingerprint density at radius 2 is 1.83 bits per heavy atom.